The predicted molar refractivity (Wildman–Crippen MR) is 74.4 cm³/mol. The molecule has 1 aromatic carbocycles. The molecule has 0 N–H and O–H groups in total. The highest BCUT2D eigenvalue weighted by Crippen LogP contribution is 2.31. The first-order valence-corrected chi connectivity index (χ1v) is 6.60. The number of aryl methyl sites for hydroxylation is 1. The van der Waals surface area contributed by atoms with Gasteiger partial charge in [0.1, 0.15) is 5.78 Å². The van der Waals surface area contributed by atoms with Gasteiger partial charge in [0.15, 0.2) is 11.5 Å². The molecule has 5 heteroatoms. The SMILES string of the molecule is COc1cc(C)c(C(=O)N2CCC(=O)CC2)cc1OC. The van der Waals surface area contributed by atoms with E-state index >= 15 is 0 Å². The Labute approximate surface area is 118 Å². The normalized spacial score (nSPS) is 15.2. The molecule has 1 saturated heterocycles. The summed E-state index contributed by atoms with van der Waals surface area (Å²) in [5.74, 6) is 1.30. The molecule has 1 fully saturated rings. The number of ether oxygens (including phenoxy) is 2. The molecule has 108 valence electrons. The minimum Gasteiger partial charge on any atom is -0.493 e. The third-order valence-electron chi connectivity index (χ3n) is 3.57. The van der Waals surface area contributed by atoms with E-state index in [2.05, 4.69) is 0 Å². The summed E-state index contributed by atoms with van der Waals surface area (Å²) in [5, 5.41) is 0. The molecule has 0 aromatic heterocycles. The summed E-state index contributed by atoms with van der Waals surface area (Å²) in [6.07, 6.45) is 0.885. The van der Waals surface area contributed by atoms with E-state index in [0.717, 1.165) is 5.56 Å². The second-order valence-corrected chi connectivity index (χ2v) is 4.85. The number of hydrogen-bond acceptors (Lipinski definition) is 4. The van der Waals surface area contributed by atoms with Crippen LogP contribution in [0.1, 0.15) is 28.8 Å². The van der Waals surface area contributed by atoms with Crippen molar-refractivity contribution in [3.05, 3.63) is 23.3 Å². The van der Waals surface area contributed by atoms with Crippen molar-refractivity contribution in [1.29, 1.82) is 0 Å². The number of carbonyl (C=O) groups excluding carboxylic acids is 2. The van der Waals surface area contributed by atoms with Gasteiger partial charge in [-0.2, -0.15) is 0 Å². The molecule has 0 radical (unpaired) electrons. The molecule has 1 aromatic rings. The van der Waals surface area contributed by atoms with E-state index in [9.17, 15) is 9.59 Å². The summed E-state index contributed by atoms with van der Waals surface area (Å²) in [7, 11) is 3.11. The molecule has 0 saturated carbocycles. The summed E-state index contributed by atoms with van der Waals surface area (Å²) >= 11 is 0. The van der Waals surface area contributed by atoms with Gasteiger partial charge in [-0.1, -0.05) is 0 Å². The Morgan fingerprint density at radius 1 is 1.10 bits per heavy atom. The van der Waals surface area contributed by atoms with Gasteiger partial charge in [0.2, 0.25) is 0 Å². The Kier molecular flexibility index (Phi) is 4.27. The number of benzene rings is 1. The van der Waals surface area contributed by atoms with Crippen molar-refractivity contribution in [2.75, 3.05) is 27.3 Å². The summed E-state index contributed by atoms with van der Waals surface area (Å²) in [6, 6.07) is 3.49. The summed E-state index contributed by atoms with van der Waals surface area (Å²) in [6.45, 7) is 2.85. The second kappa shape index (κ2) is 5.94. The Balaban J connectivity index is 2.27. The fourth-order valence-corrected chi connectivity index (χ4v) is 2.34. The number of rotatable bonds is 3. The Hall–Kier alpha value is -2.04. The number of likely N-dealkylation sites (tertiary alicyclic amines) is 1. The molecule has 0 bridgehead atoms. The highest BCUT2D eigenvalue weighted by Gasteiger charge is 2.24. The van der Waals surface area contributed by atoms with E-state index in [-0.39, 0.29) is 11.7 Å². The molecule has 20 heavy (non-hydrogen) atoms. The number of amides is 1. The van der Waals surface area contributed by atoms with Crippen LogP contribution >= 0.6 is 0 Å². The average Bonchev–Trinajstić information content (AvgIpc) is 2.47. The standard InChI is InChI=1S/C15H19NO4/c1-10-8-13(19-2)14(20-3)9-12(10)15(18)16-6-4-11(17)5-7-16/h8-9H,4-7H2,1-3H3. The van der Waals surface area contributed by atoms with Crippen molar-refractivity contribution < 1.29 is 19.1 Å². The maximum atomic E-state index is 12.5. The largest absolute Gasteiger partial charge is 0.493 e. The zero-order valence-electron chi connectivity index (χ0n) is 12.1. The van der Waals surface area contributed by atoms with Gasteiger partial charge in [0.25, 0.3) is 5.91 Å². The van der Waals surface area contributed by atoms with Crippen molar-refractivity contribution >= 4 is 11.7 Å². The van der Waals surface area contributed by atoms with Crippen LogP contribution in [-0.4, -0.2) is 43.9 Å². The lowest BCUT2D eigenvalue weighted by atomic mass is 10.0. The first-order chi connectivity index (χ1) is 9.56. The van der Waals surface area contributed by atoms with Crippen molar-refractivity contribution in [2.45, 2.75) is 19.8 Å². The van der Waals surface area contributed by atoms with Gasteiger partial charge in [0, 0.05) is 31.5 Å². The number of methoxy groups -OCH3 is 2. The molecule has 0 unspecified atom stereocenters. The Morgan fingerprint density at radius 2 is 1.65 bits per heavy atom. The molecular formula is C15H19NO4. The lowest BCUT2D eigenvalue weighted by Gasteiger charge is -2.27. The van der Waals surface area contributed by atoms with Crippen LogP contribution in [0.4, 0.5) is 0 Å². The predicted octanol–water partition coefficient (Wildman–Crippen LogP) is 1.82. The Bertz CT molecular complexity index is 529. The minimum absolute atomic E-state index is 0.0593. The molecule has 1 aliphatic rings. The zero-order chi connectivity index (χ0) is 14.7. The lowest BCUT2D eigenvalue weighted by molar-refractivity contribution is -0.120. The number of Topliss-reactive ketones (excluding diaryl/α,β-unsaturated/α-hetero) is 1. The number of ketones is 1. The molecule has 0 atom stereocenters. The summed E-state index contributed by atoms with van der Waals surface area (Å²) < 4.78 is 10.5. The van der Waals surface area contributed by atoms with Crippen molar-refractivity contribution in [1.82, 2.24) is 4.90 Å². The molecule has 1 aliphatic heterocycles. The fourth-order valence-electron chi connectivity index (χ4n) is 2.34. The monoisotopic (exact) mass is 277 g/mol. The van der Waals surface area contributed by atoms with Gasteiger partial charge in [0.05, 0.1) is 14.2 Å². The van der Waals surface area contributed by atoms with E-state index in [4.69, 9.17) is 9.47 Å². The van der Waals surface area contributed by atoms with Gasteiger partial charge in [-0.05, 0) is 24.6 Å². The van der Waals surface area contributed by atoms with E-state index in [1.54, 1.807) is 31.3 Å². The topological polar surface area (TPSA) is 55.8 Å². The van der Waals surface area contributed by atoms with Crippen LogP contribution in [0.25, 0.3) is 0 Å². The first kappa shape index (κ1) is 14.4. The molecule has 1 heterocycles. The van der Waals surface area contributed by atoms with Crippen LogP contribution in [-0.2, 0) is 4.79 Å². The third-order valence-corrected chi connectivity index (χ3v) is 3.57. The van der Waals surface area contributed by atoms with Crippen molar-refractivity contribution in [3.63, 3.8) is 0 Å². The molecule has 0 aliphatic carbocycles. The highest BCUT2D eigenvalue weighted by molar-refractivity contribution is 5.97. The zero-order valence-corrected chi connectivity index (χ0v) is 12.1. The molecule has 1 amide bonds. The second-order valence-electron chi connectivity index (χ2n) is 4.85. The van der Waals surface area contributed by atoms with Gasteiger partial charge in [-0.15, -0.1) is 0 Å². The summed E-state index contributed by atoms with van der Waals surface area (Å²) in [5.41, 5.74) is 1.43. The van der Waals surface area contributed by atoms with Crippen LogP contribution in [0, 0.1) is 6.92 Å². The van der Waals surface area contributed by atoms with E-state index in [1.807, 2.05) is 6.92 Å². The summed E-state index contributed by atoms with van der Waals surface area (Å²) in [4.78, 5) is 25.5. The van der Waals surface area contributed by atoms with Gasteiger partial charge < -0.3 is 14.4 Å². The van der Waals surface area contributed by atoms with Crippen LogP contribution in [0.3, 0.4) is 0 Å². The number of piperidine rings is 1. The third kappa shape index (κ3) is 2.76. The maximum Gasteiger partial charge on any atom is 0.254 e. The van der Waals surface area contributed by atoms with Gasteiger partial charge in [-0.25, -0.2) is 0 Å². The molecule has 0 spiro atoms. The van der Waals surface area contributed by atoms with Crippen molar-refractivity contribution in [2.24, 2.45) is 0 Å². The minimum atomic E-state index is -0.0593. The quantitative estimate of drug-likeness (QED) is 0.845. The van der Waals surface area contributed by atoms with Gasteiger partial charge in [-0.3, -0.25) is 9.59 Å². The average molecular weight is 277 g/mol. The van der Waals surface area contributed by atoms with Gasteiger partial charge >= 0.3 is 0 Å². The number of carbonyl (C=O) groups is 2. The first-order valence-electron chi connectivity index (χ1n) is 6.60. The number of hydrogen-bond donors (Lipinski definition) is 0. The molecule has 2 rings (SSSR count). The molecule has 5 nitrogen and oxygen atoms in total. The van der Waals surface area contributed by atoms with Crippen LogP contribution in [0.5, 0.6) is 11.5 Å². The van der Waals surface area contributed by atoms with E-state index in [1.165, 1.54) is 0 Å². The number of nitrogens with zero attached hydrogens (tertiary/aromatic N) is 1. The van der Waals surface area contributed by atoms with Crippen molar-refractivity contribution in [3.8, 4) is 11.5 Å². The lowest BCUT2D eigenvalue weighted by Crippen LogP contribution is -2.38. The van der Waals surface area contributed by atoms with Crippen LogP contribution < -0.4 is 9.47 Å². The van der Waals surface area contributed by atoms with Crippen LogP contribution in [0.15, 0.2) is 12.1 Å². The van der Waals surface area contributed by atoms with E-state index < -0.39 is 0 Å². The maximum absolute atomic E-state index is 12.5. The van der Waals surface area contributed by atoms with Crippen LogP contribution in [0.2, 0.25) is 0 Å². The Morgan fingerprint density at radius 3 is 2.20 bits per heavy atom. The smallest absolute Gasteiger partial charge is 0.254 e. The molecular weight excluding hydrogens is 258 g/mol. The fraction of sp³-hybridized carbons (Fsp3) is 0.467. The highest BCUT2D eigenvalue weighted by atomic mass is 16.5. The van der Waals surface area contributed by atoms with E-state index in [0.29, 0.717) is 43.0 Å².